The molecule has 3 aromatic rings. The van der Waals surface area contributed by atoms with Gasteiger partial charge in [-0.2, -0.15) is 0 Å². The summed E-state index contributed by atoms with van der Waals surface area (Å²) in [6, 6.07) is 16.4. The Bertz CT molecular complexity index is 697. The number of hydrogen-bond acceptors (Lipinski definition) is 0. The van der Waals surface area contributed by atoms with E-state index in [0.717, 1.165) is 11.4 Å². The first kappa shape index (κ1) is 11.4. The highest BCUT2D eigenvalue weighted by Gasteiger charge is 2.09. The smallest absolute Gasteiger partial charge is 0.0458 e. The van der Waals surface area contributed by atoms with Gasteiger partial charge in [-0.15, -0.1) is 0 Å². The van der Waals surface area contributed by atoms with Gasteiger partial charge in [-0.05, 0) is 30.2 Å². The molecule has 0 aliphatic heterocycles. The van der Waals surface area contributed by atoms with E-state index in [1.165, 1.54) is 27.7 Å². The lowest BCUT2D eigenvalue weighted by molar-refractivity contribution is 1.15. The highest BCUT2D eigenvalue weighted by Crippen LogP contribution is 2.26. The Balaban J connectivity index is 2.10. The Morgan fingerprint density at radius 3 is 2.56 bits per heavy atom. The number of aromatic nitrogens is 1. The number of aryl methyl sites for hydroxylation is 1. The van der Waals surface area contributed by atoms with Gasteiger partial charge >= 0.3 is 0 Å². The van der Waals surface area contributed by atoms with Crippen LogP contribution in [0.4, 0.5) is 0 Å². The van der Waals surface area contributed by atoms with E-state index in [1.807, 2.05) is 18.2 Å². The number of H-pyrrole nitrogens is 1. The minimum absolute atomic E-state index is 0.835. The minimum Gasteiger partial charge on any atom is -0.358 e. The van der Waals surface area contributed by atoms with Crippen LogP contribution < -0.4 is 0 Å². The molecule has 3 rings (SSSR count). The van der Waals surface area contributed by atoms with Gasteiger partial charge in [-0.25, -0.2) is 0 Å². The van der Waals surface area contributed by atoms with Gasteiger partial charge in [0.2, 0.25) is 0 Å². The second-order valence-electron chi connectivity index (χ2n) is 4.54. The third kappa shape index (κ3) is 1.91. The van der Waals surface area contributed by atoms with E-state index < -0.39 is 0 Å². The van der Waals surface area contributed by atoms with Crippen molar-refractivity contribution in [1.82, 2.24) is 4.98 Å². The van der Waals surface area contributed by atoms with Crippen LogP contribution in [-0.4, -0.2) is 4.98 Å². The van der Waals surface area contributed by atoms with Gasteiger partial charge in [-0.3, -0.25) is 0 Å². The van der Waals surface area contributed by atoms with Crippen LogP contribution in [0.1, 0.15) is 16.8 Å². The van der Waals surface area contributed by atoms with Crippen LogP contribution in [0.5, 0.6) is 0 Å². The van der Waals surface area contributed by atoms with Crippen LogP contribution in [0.25, 0.3) is 10.9 Å². The number of para-hydroxylation sites is 1. The summed E-state index contributed by atoms with van der Waals surface area (Å²) in [6.45, 7) is 2.12. The fourth-order valence-corrected chi connectivity index (χ4v) is 2.60. The molecule has 1 nitrogen and oxygen atoms in total. The molecule has 0 bridgehead atoms. The quantitative estimate of drug-likeness (QED) is 0.682. The number of fused-ring (bicyclic) bond motifs is 1. The molecule has 2 heteroatoms. The zero-order valence-corrected chi connectivity index (χ0v) is 11.0. The molecule has 0 atom stereocenters. The largest absolute Gasteiger partial charge is 0.358 e. The molecule has 1 N–H and O–H groups in total. The highest BCUT2D eigenvalue weighted by atomic mass is 35.5. The molecule has 0 spiro atoms. The second-order valence-corrected chi connectivity index (χ2v) is 4.95. The fourth-order valence-electron chi connectivity index (χ4n) is 2.39. The van der Waals surface area contributed by atoms with Crippen molar-refractivity contribution in [2.45, 2.75) is 13.3 Å². The summed E-state index contributed by atoms with van der Waals surface area (Å²) in [5, 5.41) is 2.12. The summed E-state index contributed by atoms with van der Waals surface area (Å²) < 4.78 is 0. The van der Waals surface area contributed by atoms with Crippen molar-refractivity contribution in [3.8, 4) is 0 Å². The van der Waals surface area contributed by atoms with E-state index in [-0.39, 0.29) is 0 Å². The molecular formula is C16H14ClN. The molecule has 1 heterocycles. The van der Waals surface area contributed by atoms with Crippen LogP contribution >= 0.6 is 11.6 Å². The first-order chi connectivity index (χ1) is 8.75. The van der Waals surface area contributed by atoms with Crippen molar-refractivity contribution in [2.75, 3.05) is 0 Å². The first-order valence-corrected chi connectivity index (χ1v) is 6.43. The van der Waals surface area contributed by atoms with Crippen molar-refractivity contribution < 1.29 is 0 Å². The Labute approximate surface area is 111 Å². The summed E-state index contributed by atoms with van der Waals surface area (Å²) in [6.07, 6.45) is 0.871. The van der Waals surface area contributed by atoms with Gasteiger partial charge in [0.25, 0.3) is 0 Å². The predicted molar refractivity (Wildman–Crippen MR) is 77.3 cm³/mol. The van der Waals surface area contributed by atoms with Gasteiger partial charge in [0, 0.05) is 28.0 Å². The molecule has 90 valence electrons. The Hall–Kier alpha value is -1.73. The number of aromatic amines is 1. The molecular weight excluding hydrogens is 242 g/mol. The molecule has 18 heavy (non-hydrogen) atoms. The topological polar surface area (TPSA) is 15.8 Å². The molecule has 0 aliphatic rings. The number of nitrogens with one attached hydrogen (secondary N) is 1. The lowest BCUT2D eigenvalue weighted by Crippen LogP contribution is -1.90. The van der Waals surface area contributed by atoms with Gasteiger partial charge in [0.1, 0.15) is 0 Å². The Morgan fingerprint density at radius 2 is 1.72 bits per heavy atom. The van der Waals surface area contributed by atoms with Crippen LogP contribution in [0.2, 0.25) is 5.02 Å². The maximum absolute atomic E-state index is 6.23. The average molecular weight is 256 g/mol. The van der Waals surface area contributed by atoms with Crippen molar-refractivity contribution in [1.29, 1.82) is 0 Å². The van der Waals surface area contributed by atoms with Gasteiger partial charge in [-0.1, -0.05) is 48.0 Å². The van der Waals surface area contributed by atoms with Gasteiger partial charge in [0.05, 0.1) is 0 Å². The zero-order chi connectivity index (χ0) is 12.5. The summed E-state index contributed by atoms with van der Waals surface area (Å²) in [5.41, 5.74) is 4.92. The van der Waals surface area contributed by atoms with Crippen LogP contribution in [-0.2, 0) is 6.42 Å². The molecule has 0 saturated heterocycles. The fraction of sp³-hybridized carbons (Fsp3) is 0.125. The standard InChI is InChI=1S/C16H14ClN/c1-11-14(10-12-6-2-4-8-15(12)17)13-7-3-5-9-16(13)18-11/h2-9,18H,10H2,1H3. The Morgan fingerprint density at radius 1 is 1.00 bits per heavy atom. The lowest BCUT2D eigenvalue weighted by Gasteiger charge is -2.04. The van der Waals surface area contributed by atoms with E-state index in [1.54, 1.807) is 0 Å². The minimum atomic E-state index is 0.835. The van der Waals surface area contributed by atoms with Crippen LogP contribution in [0.15, 0.2) is 48.5 Å². The van der Waals surface area contributed by atoms with E-state index in [2.05, 4.69) is 42.2 Å². The molecule has 0 unspecified atom stereocenters. The van der Waals surface area contributed by atoms with E-state index in [9.17, 15) is 0 Å². The van der Waals surface area contributed by atoms with Crippen molar-refractivity contribution in [3.63, 3.8) is 0 Å². The molecule has 2 aromatic carbocycles. The Kier molecular flexibility index (Phi) is 2.85. The van der Waals surface area contributed by atoms with Crippen LogP contribution in [0, 0.1) is 6.92 Å². The molecule has 0 radical (unpaired) electrons. The summed E-state index contributed by atoms with van der Waals surface area (Å²) in [7, 11) is 0. The van der Waals surface area contributed by atoms with Crippen molar-refractivity contribution in [2.24, 2.45) is 0 Å². The van der Waals surface area contributed by atoms with Gasteiger partial charge < -0.3 is 4.98 Å². The highest BCUT2D eigenvalue weighted by molar-refractivity contribution is 6.31. The third-order valence-electron chi connectivity index (χ3n) is 3.35. The molecule has 0 saturated carbocycles. The maximum Gasteiger partial charge on any atom is 0.0458 e. The summed E-state index contributed by atoms with van der Waals surface area (Å²) in [4.78, 5) is 3.42. The first-order valence-electron chi connectivity index (χ1n) is 6.05. The van der Waals surface area contributed by atoms with Crippen molar-refractivity contribution >= 4 is 22.5 Å². The van der Waals surface area contributed by atoms with Gasteiger partial charge in [0.15, 0.2) is 0 Å². The number of halogens is 1. The third-order valence-corrected chi connectivity index (χ3v) is 3.72. The zero-order valence-electron chi connectivity index (χ0n) is 10.2. The van der Waals surface area contributed by atoms with Crippen LogP contribution in [0.3, 0.4) is 0 Å². The lowest BCUT2D eigenvalue weighted by atomic mass is 10.0. The predicted octanol–water partition coefficient (Wildman–Crippen LogP) is 4.72. The monoisotopic (exact) mass is 255 g/mol. The number of rotatable bonds is 2. The molecule has 0 fully saturated rings. The SMILES string of the molecule is Cc1[nH]c2ccccc2c1Cc1ccccc1Cl. The van der Waals surface area contributed by atoms with E-state index in [4.69, 9.17) is 11.6 Å². The molecule has 0 aliphatic carbocycles. The second kappa shape index (κ2) is 4.51. The number of benzene rings is 2. The maximum atomic E-state index is 6.23. The van der Waals surface area contributed by atoms with E-state index in [0.29, 0.717) is 0 Å². The van der Waals surface area contributed by atoms with Crippen molar-refractivity contribution in [3.05, 3.63) is 70.4 Å². The molecule has 0 amide bonds. The summed E-state index contributed by atoms with van der Waals surface area (Å²) >= 11 is 6.23. The molecule has 1 aromatic heterocycles. The average Bonchev–Trinajstić information content (AvgIpc) is 2.69. The number of hydrogen-bond donors (Lipinski definition) is 1. The normalized spacial score (nSPS) is 11.0. The summed E-state index contributed by atoms with van der Waals surface area (Å²) in [5.74, 6) is 0. The van der Waals surface area contributed by atoms with E-state index >= 15 is 0 Å².